The van der Waals surface area contributed by atoms with Crippen LogP contribution in [0.5, 0.6) is 0 Å². The van der Waals surface area contributed by atoms with Crippen LogP contribution in [0, 0.1) is 13.8 Å². The zero-order valence-electron chi connectivity index (χ0n) is 11.3. The van der Waals surface area contributed by atoms with Crippen molar-refractivity contribution in [2.75, 3.05) is 20.2 Å². The molecule has 0 radical (unpaired) electrons. The van der Waals surface area contributed by atoms with Gasteiger partial charge in [-0.25, -0.2) is 0 Å². The Bertz CT molecular complexity index is 436. The van der Waals surface area contributed by atoms with Gasteiger partial charge in [0.1, 0.15) is 18.1 Å². The van der Waals surface area contributed by atoms with Crippen molar-refractivity contribution in [1.82, 2.24) is 4.90 Å². The second kappa shape index (κ2) is 6.23. The quantitative estimate of drug-likeness (QED) is 0.752. The van der Waals surface area contributed by atoms with Gasteiger partial charge < -0.3 is 14.1 Å². The number of ether oxygens (including phenoxy) is 1. The van der Waals surface area contributed by atoms with Crippen LogP contribution in [0.15, 0.2) is 10.5 Å². The van der Waals surface area contributed by atoms with Crippen LogP contribution in [0.25, 0.3) is 0 Å². The number of hydrogen-bond acceptors (Lipinski definition) is 4. The third-order valence-electron chi connectivity index (χ3n) is 2.60. The average molecular weight is 253 g/mol. The monoisotopic (exact) mass is 253 g/mol. The fraction of sp³-hybridized carbons (Fsp3) is 0.538. The van der Waals surface area contributed by atoms with Crippen molar-refractivity contribution in [3.63, 3.8) is 0 Å². The number of carbonyl (C=O) groups is 2. The lowest BCUT2D eigenvalue weighted by Crippen LogP contribution is -2.36. The van der Waals surface area contributed by atoms with Gasteiger partial charge in [0.05, 0.1) is 12.7 Å². The molecule has 0 spiro atoms. The highest BCUT2D eigenvalue weighted by Crippen LogP contribution is 2.16. The van der Waals surface area contributed by atoms with Crippen LogP contribution < -0.4 is 0 Å². The molecule has 1 heterocycles. The van der Waals surface area contributed by atoms with Crippen molar-refractivity contribution in [3.8, 4) is 0 Å². The molecular weight excluding hydrogens is 234 g/mol. The van der Waals surface area contributed by atoms with Crippen molar-refractivity contribution in [2.24, 2.45) is 0 Å². The number of rotatable bonds is 5. The summed E-state index contributed by atoms with van der Waals surface area (Å²) in [4.78, 5) is 25.0. The van der Waals surface area contributed by atoms with E-state index in [1.165, 1.54) is 12.0 Å². The zero-order valence-corrected chi connectivity index (χ0v) is 11.3. The molecule has 0 bridgehead atoms. The van der Waals surface area contributed by atoms with Crippen molar-refractivity contribution in [3.05, 3.63) is 23.2 Å². The first-order valence-electron chi connectivity index (χ1n) is 5.92. The minimum Gasteiger partial charge on any atom is -0.468 e. The summed E-state index contributed by atoms with van der Waals surface area (Å²) in [5.41, 5.74) is 0.504. The molecule has 0 fully saturated rings. The molecule has 0 aromatic carbocycles. The standard InChI is InChI=1S/C13H19NO4/c1-5-6-14(8-12(15)17-4)13(16)11-7-9(2)18-10(11)3/h7H,5-6,8H2,1-4H3. The van der Waals surface area contributed by atoms with Gasteiger partial charge in [-0.05, 0) is 26.3 Å². The second-order valence-electron chi connectivity index (χ2n) is 4.13. The summed E-state index contributed by atoms with van der Waals surface area (Å²) in [6, 6.07) is 1.69. The van der Waals surface area contributed by atoms with Crippen LogP contribution >= 0.6 is 0 Å². The van der Waals surface area contributed by atoms with Crippen LogP contribution in [0.1, 0.15) is 35.2 Å². The van der Waals surface area contributed by atoms with Crippen LogP contribution in [-0.2, 0) is 9.53 Å². The number of amides is 1. The van der Waals surface area contributed by atoms with E-state index in [-0.39, 0.29) is 12.5 Å². The minimum absolute atomic E-state index is 0.0349. The highest BCUT2D eigenvalue weighted by atomic mass is 16.5. The van der Waals surface area contributed by atoms with Gasteiger partial charge in [-0.15, -0.1) is 0 Å². The van der Waals surface area contributed by atoms with Gasteiger partial charge in [0.15, 0.2) is 0 Å². The first-order chi connectivity index (χ1) is 8.49. The summed E-state index contributed by atoms with van der Waals surface area (Å²) in [5.74, 6) is 0.639. The number of methoxy groups -OCH3 is 1. The molecule has 18 heavy (non-hydrogen) atoms. The number of aryl methyl sites for hydroxylation is 2. The molecule has 5 nitrogen and oxygen atoms in total. The van der Waals surface area contributed by atoms with Crippen molar-refractivity contribution < 1.29 is 18.7 Å². The lowest BCUT2D eigenvalue weighted by atomic mass is 10.2. The van der Waals surface area contributed by atoms with Crippen molar-refractivity contribution >= 4 is 11.9 Å². The first kappa shape index (κ1) is 14.3. The Labute approximate surface area is 107 Å². The van der Waals surface area contributed by atoms with Gasteiger partial charge in [-0.3, -0.25) is 9.59 Å². The Morgan fingerprint density at radius 2 is 2.06 bits per heavy atom. The fourth-order valence-corrected chi connectivity index (χ4v) is 1.76. The Hall–Kier alpha value is -1.78. The Morgan fingerprint density at radius 1 is 1.39 bits per heavy atom. The summed E-state index contributed by atoms with van der Waals surface area (Å²) in [5, 5.41) is 0. The average Bonchev–Trinajstić information content (AvgIpc) is 2.66. The minimum atomic E-state index is -0.422. The van der Waals surface area contributed by atoms with E-state index >= 15 is 0 Å². The molecule has 0 aliphatic carbocycles. The molecule has 5 heteroatoms. The molecular formula is C13H19NO4. The smallest absolute Gasteiger partial charge is 0.325 e. The number of hydrogen-bond donors (Lipinski definition) is 0. The first-order valence-corrected chi connectivity index (χ1v) is 5.92. The van der Waals surface area contributed by atoms with Gasteiger partial charge in [0.25, 0.3) is 5.91 Å². The van der Waals surface area contributed by atoms with E-state index in [0.717, 1.165) is 6.42 Å². The van der Waals surface area contributed by atoms with E-state index < -0.39 is 5.97 Å². The third-order valence-corrected chi connectivity index (χ3v) is 2.60. The zero-order chi connectivity index (χ0) is 13.7. The normalized spacial score (nSPS) is 10.2. The maximum absolute atomic E-state index is 12.3. The lowest BCUT2D eigenvalue weighted by Gasteiger charge is -2.20. The highest BCUT2D eigenvalue weighted by molar-refractivity contribution is 5.96. The van der Waals surface area contributed by atoms with Crippen molar-refractivity contribution in [2.45, 2.75) is 27.2 Å². The molecule has 0 unspecified atom stereocenters. The number of nitrogens with zero attached hydrogens (tertiary/aromatic N) is 1. The van der Waals surface area contributed by atoms with Gasteiger partial charge in [0.2, 0.25) is 0 Å². The summed E-state index contributed by atoms with van der Waals surface area (Å²) in [6.45, 7) is 5.95. The Morgan fingerprint density at radius 3 is 2.50 bits per heavy atom. The number of carbonyl (C=O) groups excluding carboxylic acids is 2. The molecule has 1 aromatic heterocycles. The SMILES string of the molecule is CCCN(CC(=O)OC)C(=O)c1cc(C)oc1C. The van der Waals surface area contributed by atoms with Gasteiger partial charge in [-0.1, -0.05) is 6.92 Å². The predicted molar refractivity (Wildman–Crippen MR) is 66.4 cm³/mol. The van der Waals surface area contributed by atoms with Crippen LogP contribution in [0.2, 0.25) is 0 Å². The summed E-state index contributed by atoms with van der Waals surface area (Å²) in [6.07, 6.45) is 0.776. The van der Waals surface area contributed by atoms with E-state index in [1.54, 1.807) is 19.9 Å². The summed E-state index contributed by atoms with van der Waals surface area (Å²) >= 11 is 0. The molecule has 0 aliphatic rings. The maximum Gasteiger partial charge on any atom is 0.325 e. The van der Waals surface area contributed by atoms with E-state index in [1.807, 2.05) is 6.92 Å². The predicted octanol–water partition coefficient (Wildman–Crippen LogP) is 1.92. The van der Waals surface area contributed by atoms with Gasteiger partial charge in [-0.2, -0.15) is 0 Å². The number of esters is 1. The van der Waals surface area contributed by atoms with Crippen LogP contribution in [-0.4, -0.2) is 37.0 Å². The topological polar surface area (TPSA) is 59.8 Å². The van der Waals surface area contributed by atoms with Gasteiger partial charge in [0, 0.05) is 6.54 Å². The molecule has 1 aromatic rings. The van der Waals surface area contributed by atoms with E-state index in [2.05, 4.69) is 4.74 Å². The summed E-state index contributed by atoms with van der Waals surface area (Å²) < 4.78 is 9.92. The van der Waals surface area contributed by atoms with Crippen molar-refractivity contribution in [1.29, 1.82) is 0 Å². The van der Waals surface area contributed by atoms with E-state index in [9.17, 15) is 9.59 Å². The van der Waals surface area contributed by atoms with Crippen LogP contribution in [0.3, 0.4) is 0 Å². The molecule has 0 aliphatic heterocycles. The maximum atomic E-state index is 12.3. The molecule has 100 valence electrons. The molecule has 1 amide bonds. The molecule has 0 atom stereocenters. The summed E-state index contributed by atoms with van der Waals surface area (Å²) in [7, 11) is 1.31. The lowest BCUT2D eigenvalue weighted by molar-refractivity contribution is -0.141. The fourth-order valence-electron chi connectivity index (χ4n) is 1.76. The third kappa shape index (κ3) is 3.35. The van der Waals surface area contributed by atoms with E-state index in [0.29, 0.717) is 23.6 Å². The Balaban J connectivity index is 2.88. The second-order valence-corrected chi connectivity index (χ2v) is 4.13. The van der Waals surface area contributed by atoms with Crippen LogP contribution in [0.4, 0.5) is 0 Å². The molecule has 0 saturated carbocycles. The molecule has 0 saturated heterocycles. The van der Waals surface area contributed by atoms with Gasteiger partial charge >= 0.3 is 5.97 Å². The Kier molecular flexibility index (Phi) is 4.95. The molecule has 1 rings (SSSR count). The molecule has 0 N–H and O–H groups in total. The largest absolute Gasteiger partial charge is 0.468 e. The van der Waals surface area contributed by atoms with E-state index in [4.69, 9.17) is 4.42 Å². The highest BCUT2D eigenvalue weighted by Gasteiger charge is 2.22. The number of furan rings is 1.